The molecule has 0 aromatic heterocycles. The summed E-state index contributed by atoms with van der Waals surface area (Å²) >= 11 is 0. The van der Waals surface area contributed by atoms with Crippen LogP contribution >= 0.6 is 0 Å². The highest BCUT2D eigenvalue weighted by molar-refractivity contribution is 4.85. The second-order valence-electron chi connectivity index (χ2n) is 4.42. The van der Waals surface area contributed by atoms with Crippen molar-refractivity contribution in [1.82, 2.24) is 5.32 Å². The molecule has 0 amide bonds. The van der Waals surface area contributed by atoms with Crippen LogP contribution < -0.4 is 5.32 Å². The van der Waals surface area contributed by atoms with Crippen LogP contribution in [0, 0.1) is 5.92 Å². The lowest BCUT2D eigenvalue weighted by atomic mass is 9.84. The maximum atomic E-state index is 12.7. The van der Waals surface area contributed by atoms with Gasteiger partial charge in [0.1, 0.15) is 0 Å². The van der Waals surface area contributed by atoms with Crippen molar-refractivity contribution in [3.8, 4) is 0 Å². The Labute approximate surface area is 94.2 Å². The number of unbranched alkanes of at least 4 members (excludes halogenated alkanes) is 1. The molecule has 1 saturated carbocycles. The van der Waals surface area contributed by atoms with E-state index in [1.54, 1.807) is 0 Å². The molecule has 2 atom stereocenters. The number of rotatable bonds is 5. The van der Waals surface area contributed by atoms with E-state index < -0.39 is 18.1 Å². The number of nitrogens with one attached hydrogen (secondary N) is 1. The summed E-state index contributed by atoms with van der Waals surface area (Å²) < 4.78 is 38.1. The number of aliphatic hydroxyl groups excluding tert-OH is 1. The normalized spacial score (nSPS) is 27.0. The third-order valence-corrected chi connectivity index (χ3v) is 3.18. The summed E-state index contributed by atoms with van der Waals surface area (Å²) in [6.45, 7) is 0.673. The zero-order chi connectivity index (χ0) is 12.0. The van der Waals surface area contributed by atoms with E-state index in [9.17, 15) is 13.2 Å². The van der Waals surface area contributed by atoms with Gasteiger partial charge >= 0.3 is 6.18 Å². The first-order valence-corrected chi connectivity index (χ1v) is 5.96. The Morgan fingerprint density at radius 1 is 1.12 bits per heavy atom. The van der Waals surface area contributed by atoms with Gasteiger partial charge in [-0.25, -0.2) is 0 Å². The molecule has 0 saturated heterocycles. The minimum Gasteiger partial charge on any atom is -0.396 e. The molecule has 1 rings (SSSR count). The number of alkyl halides is 3. The largest absolute Gasteiger partial charge is 0.396 e. The molecular weight excluding hydrogens is 219 g/mol. The topological polar surface area (TPSA) is 32.3 Å². The highest BCUT2D eigenvalue weighted by Gasteiger charge is 2.45. The number of aliphatic hydroxyl groups is 1. The molecule has 2 nitrogen and oxygen atoms in total. The molecule has 2 N–H and O–H groups in total. The lowest BCUT2D eigenvalue weighted by molar-refractivity contribution is -0.188. The molecular formula is C11H20F3NO. The van der Waals surface area contributed by atoms with E-state index in [1.807, 2.05) is 0 Å². The van der Waals surface area contributed by atoms with Crippen molar-refractivity contribution >= 4 is 0 Å². The molecule has 0 spiro atoms. The van der Waals surface area contributed by atoms with E-state index in [2.05, 4.69) is 5.32 Å². The molecule has 0 aromatic rings. The molecule has 16 heavy (non-hydrogen) atoms. The van der Waals surface area contributed by atoms with Crippen LogP contribution in [0.3, 0.4) is 0 Å². The zero-order valence-electron chi connectivity index (χ0n) is 9.39. The predicted molar refractivity (Wildman–Crippen MR) is 56.1 cm³/mol. The van der Waals surface area contributed by atoms with Gasteiger partial charge in [0.25, 0.3) is 0 Å². The van der Waals surface area contributed by atoms with Crippen LogP contribution in [-0.2, 0) is 0 Å². The van der Waals surface area contributed by atoms with Gasteiger partial charge in [0.15, 0.2) is 0 Å². The fourth-order valence-corrected chi connectivity index (χ4v) is 2.29. The Balaban J connectivity index is 2.35. The van der Waals surface area contributed by atoms with Crippen LogP contribution in [0.2, 0.25) is 0 Å². The summed E-state index contributed by atoms with van der Waals surface area (Å²) in [6.07, 6.45) is -0.267. The molecule has 1 aliphatic carbocycles. The van der Waals surface area contributed by atoms with Crippen LogP contribution in [-0.4, -0.2) is 30.5 Å². The predicted octanol–water partition coefficient (Wildman–Crippen LogP) is 2.47. The van der Waals surface area contributed by atoms with Gasteiger partial charge < -0.3 is 10.4 Å². The van der Waals surface area contributed by atoms with Crippen molar-refractivity contribution in [3.05, 3.63) is 0 Å². The van der Waals surface area contributed by atoms with E-state index in [0.717, 1.165) is 12.8 Å². The van der Waals surface area contributed by atoms with Gasteiger partial charge in [-0.2, -0.15) is 13.2 Å². The summed E-state index contributed by atoms with van der Waals surface area (Å²) in [5.74, 6) is -1.18. The van der Waals surface area contributed by atoms with Gasteiger partial charge in [-0.3, -0.25) is 0 Å². The number of hydrogen-bond acceptors (Lipinski definition) is 2. The first-order chi connectivity index (χ1) is 7.55. The van der Waals surface area contributed by atoms with E-state index in [-0.39, 0.29) is 13.0 Å². The van der Waals surface area contributed by atoms with Crippen LogP contribution in [0.1, 0.15) is 38.5 Å². The van der Waals surface area contributed by atoms with E-state index in [1.165, 1.54) is 0 Å². The van der Waals surface area contributed by atoms with E-state index >= 15 is 0 Å². The SMILES string of the molecule is OCCCCNC1CCCCC1C(F)(F)F. The van der Waals surface area contributed by atoms with Crippen molar-refractivity contribution < 1.29 is 18.3 Å². The summed E-state index contributed by atoms with van der Waals surface area (Å²) in [6, 6.07) is -0.424. The van der Waals surface area contributed by atoms with Crippen molar-refractivity contribution in [2.24, 2.45) is 5.92 Å². The first kappa shape index (κ1) is 13.8. The highest BCUT2D eigenvalue weighted by atomic mass is 19.4. The monoisotopic (exact) mass is 239 g/mol. The second-order valence-corrected chi connectivity index (χ2v) is 4.42. The van der Waals surface area contributed by atoms with Crippen molar-refractivity contribution in [2.75, 3.05) is 13.2 Å². The smallest absolute Gasteiger partial charge is 0.393 e. The lowest BCUT2D eigenvalue weighted by Gasteiger charge is -2.33. The molecule has 5 heteroatoms. The summed E-state index contributed by atoms with van der Waals surface area (Å²) in [5.41, 5.74) is 0. The Morgan fingerprint density at radius 3 is 2.44 bits per heavy atom. The molecule has 0 aliphatic heterocycles. The number of halogens is 3. The Bertz CT molecular complexity index is 196. The molecule has 0 heterocycles. The van der Waals surface area contributed by atoms with Crippen molar-refractivity contribution in [1.29, 1.82) is 0 Å². The molecule has 1 aliphatic rings. The van der Waals surface area contributed by atoms with Crippen LogP contribution in [0.4, 0.5) is 13.2 Å². The van der Waals surface area contributed by atoms with Crippen LogP contribution in [0.5, 0.6) is 0 Å². The fourth-order valence-electron chi connectivity index (χ4n) is 2.29. The van der Waals surface area contributed by atoms with E-state index in [0.29, 0.717) is 25.8 Å². The Morgan fingerprint density at radius 2 is 1.81 bits per heavy atom. The summed E-state index contributed by atoms with van der Waals surface area (Å²) in [7, 11) is 0. The third-order valence-electron chi connectivity index (χ3n) is 3.18. The molecule has 96 valence electrons. The number of hydrogen-bond donors (Lipinski definition) is 2. The summed E-state index contributed by atoms with van der Waals surface area (Å²) in [4.78, 5) is 0. The fraction of sp³-hybridized carbons (Fsp3) is 1.00. The highest BCUT2D eigenvalue weighted by Crippen LogP contribution is 2.37. The zero-order valence-corrected chi connectivity index (χ0v) is 9.39. The molecule has 0 radical (unpaired) electrons. The average Bonchev–Trinajstić information content (AvgIpc) is 2.24. The minimum atomic E-state index is -4.07. The maximum absolute atomic E-state index is 12.7. The second kappa shape index (κ2) is 6.45. The van der Waals surface area contributed by atoms with Crippen molar-refractivity contribution in [2.45, 2.75) is 50.7 Å². The standard InChI is InChI=1S/C11H20F3NO/c12-11(13,14)9-5-1-2-6-10(9)15-7-3-4-8-16/h9-10,15-16H,1-8H2. The van der Waals surface area contributed by atoms with Crippen LogP contribution in [0.25, 0.3) is 0 Å². The molecule has 0 bridgehead atoms. The molecule has 0 aromatic carbocycles. The average molecular weight is 239 g/mol. The van der Waals surface area contributed by atoms with Gasteiger partial charge in [-0.05, 0) is 32.2 Å². The molecule has 1 fully saturated rings. The van der Waals surface area contributed by atoms with Gasteiger partial charge in [0, 0.05) is 12.6 Å². The third kappa shape index (κ3) is 4.29. The van der Waals surface area contributed by atoms with Crippen molar-refractivity contribution in [3.63, 3.8) is 0 Å². The van der Waals surface area contributed by atoms with Crippen LogP contribution in [0.15, 0.2) is 0 Å². The first-order valence-electron chi connectivity index (χ1n) is 5.96. The molecule has 2 unspecified atom stereocenters. The van der Waals surface area contributed by atoms with Gasteiger partial charge in [0.2, 0.25) is 0 Å². The Kier molecular flexibility index (Phi) is 5.55. The maximum Gasteiger partial charge on any atom is 0.393 e. The lowest BCUT2D eigenvalue weighted by Crippen LogP contribution is -2.45. The van der Waals surface area contributed by atoms with Gasteiger partial charge in [-0.15, -0.1) is 0 Å². The quantitative estimate of drug-likeness (QED) is 0.722. The Hall–Kier alpha value is -0.290. The minimum absolute atomic E-state index is 0.106. The van der Waals surface area contributed by atoms with E-state index in [4.69, 9.17) is 5.11 Å². The van der Waals surface area contributed by atoms with Gasteiger partial charge in [-0.1, -0.05) is 12.8 Å². The summed E-state index contributed by atoms with van der Waals surface area (Å²) in [5, 5.41) is 11.6. The van der Waals surface area contributed by atoms with Gasteiger partial charge in [0.05, 0.1) is 5.92 Å².